The Hall–Kier alpha value is -7.64. The van der Waals surface area contributed by atoms with Crippen molar-refractivity contribution in [2.75, 3.05) is 4.90 Å². The maximum atomic E-state index is 3.81. The number of para-hydroxylation sites is 4. The van der Waals surface area contributed by atoms with Crippen LogP contribution in [0.5, 0.6) is 0 Å². The fourth-order valence-corrected chi connectivity index (χ4v) is 9.78. The number of aromatic nitrogens is 1. The van der Waals surface area contributed by atoms with Crippen LogP contribution in [0, 0.1) is 11.8 Å². The third kappa shape index (κ3) is 6.15. The van der Waals surface area contributed by atoms with Crippen molar-refractivity contribution in [2.45, 2.75) is 0 Å². The van der Waals surface area contributed by atoms with E-state index in [1.165, 1.54) is 47.5 Å². The van der Waals surface area contributed by atoms with Crippen molar-refractivity contribution >= 4 is 70.4 Å². The second kappa shape index (κ2) is 14.7. The average molecular weight is 769 g/mol. The van der Waals surface area contributed by atoms with Gasteiger partial charge < -0.3 is 9.47 Å². The molecule has 0 unspecified atom stereocenters. The van der Waals surface area contributed by atoms with Gasteiger partial charge in [-0.3, -0.25) is 0 Å². The molecule has 0 N–H and O–H groups in total. The summed E-state index contributed by atoms with van der Waals surface area (Å²) in [5, 5.41) is 4.92. The predicted octanol–water partition coefficient (Wildman–Crippen LogP) is 15.4. The van der Waals surface area contributed by atoms with Crippen molar-refractivity contribution in [1.29, 1.82) is 0 Å². The first kappa shape index (κ1) is 34.6. The second-order valence-corrected chi connectivity index (χ2v) is 15.8. The van der Waals surface area contributed by atoms with Crippen LogP contribution in [0.2, 0.25) is 0 Å². The number of hydrogen-bond donors (Lipinski definition) is 0. The Morgan fingerprint density at radius 3 is 1.69 bits per heavy atom. The normalized spacial score (nSPS) is 11.3. The number of nitrogens with zero attached hydrogens (tertiary/aromatic N) is 2. The molecule has 0 aliphatic carbocycles. The topological polar surface area (TPSA) is 8.17 Å². The van der Waals surface area contributed by atoms with Gasteiger partial charge in [0.1, 0.15) is 0 Å². The monoisotopic (exact) mass is 768 g/mol. The molecule has 0 radical (unpaired) electrons. The second-order valence-electron chi connectivity index (χ2n) is 14.7. The van der Waals surface area contributed by atoms with Crippen molar-refractivity contribution < 1.29 is 0 Å². The SMILES string of the molecule is C(#Cc1c(-c2ccc(N(c3ccccc3)c3ccccc3)cc2)cc2c(sc3ccccc32)c1-c1ccccc1)c1ccc2c(c1)c1ccccc1n2-c1ccccc1. The van der Waals surface area contributed by atoms with Crippen LogP contribution < -0.4 is 4.90 Å². The summed E-state index contributed by atoms with van der Waals surface area (Å²) >= 11 is 1.85. The standard InChI is InChI=1S/C56H36N2S/c1-5-17-41(18-6-1)55-48(35-29-39-30-36-53-50(37-39)46-25-13-15-27-52(46)58(53)44-23-11-4-12-24-44)49(38-51-47-26-14-16-28-54(47)59-56(51)55)40-31-33-45(34-32-40)57(42-19-7-2-8-20-42)43-21-9-3-10-22-43/h1-28,30-34,36-38H. The molecule has 2 heterocycles. The van der Waals surface area contributed by atoms with Gasteiger partial charge in [0.2, 0.25) is 0 Å². The van der Waals surface area contributed by atoms with Crippen LogP contribution in [-0.2, 0) is 0 Å². The zero-order chi connectivity index (χ0) is 39.1. The highest BCUT2D eigenvalue weighted by Gasteiger charge is 2.20. The number of rotatable bonds is 6. The number of hydrogen-bond acceptors (Lipinski definition) is 2. The Morgan fingerprint density at radius 1 is 0.407 bits per heavy atom. The molecule has 2 nitrogen and oxygen atoms in total. The van der Waals surface area contributed by atoms with Crippen LogP contribution in [0.25, 0.3) is 69.9 Å². The highest BCUT2D eigenvalue weighted by atomic mass is 32.1. The molecular weight excluding hydrogens is 733 g/mol. The number of fused-ring (bicyclic) bond motifs is 6. The molecule has 276 valence electrons. The van der Waals surface area contributed by atoms with Crippen LogP contribution in [0.15, 0.2) is 218 Å². The summed E-state index contributed by atoms with van der Waals surface area (Å²) in [5.74, 6) is 7.51. The Bertz CT molecular complexity index is 3310. The highest BCUT2D eigenvalue weighted by molar-refractivity contribution is 7.26. The summed E-state index contributed by atoms with van der Waals surface area (Å²) in [7, 11) is 0. The molecule has 0 aliphatic rings. The predicted molar refractivity (Wildman–Crippen MR) is 252 cm³/mol. The van der Waals surface area contributed by atoms with E-state index in [9.17, 15) is 0 Å². The van der Waals surface area contributed by atoms with E-state index in [2.05, 4.69) is 240 Å². The summed E-state index contributed by atoms with van der Waals surface area (Å²) in [5.41, 5.74) is 13.4. The van der Waals surface area contributed by atoms with E-state index in [-0.39, 0.29) is 0 Å². The zero-order valence-corrected chi connectivity index (χ0v) is 32.9. The van der Waals surface area contributed by atoms with Crippen LogP contribution in [-0.4, -0.2) is 4.57 Å². The number of anilines is 3. The van der Waals surface area contributed by atoms with Crippen LogP contribution in [0.1, 0.15) is 11.1 Å². The summed E-state index contributed by atoms with van der Waals surface area (Å²) in [6, 6.07) is 78.0. The Balaban J connectivity index is 1.12. The first-order valence-electron chi connectivity index (χ1n) is 19.9. The molecule has 0 spiro atoms. The van der Waals surface area contributed by atoms with E-state index in [0.717, 1.165) is 50.6 Å². The highest BCUT2D eigenvalue weighted by Crippen LogP contribution is 2.46. The van der Waals surface area contributed by atoms with Crippen molar-refractivity contribution in [3.8, 4) is 39.8 Å². The van der Waals surface area contributed by atoms with E-state index in [0.29, 0.717) is 0 Å². The lowest BCUT2D eigenvalue weighted by Crippen LogP contribution is -2.09. The summed E-state index contributed by atoms with van der Waals surface area (Å²) < 4.78 is 4.87. The lowest BCUT2D eigenvalue weighted by atomic mass is 9.89. The maximum Gasteiger partial charge on any atom is 0.0541 e. The van der Waals surface area contributed by atoms with Gasteiger partial charge in [-0.2, -0.15) is 0 Å². The summed E-state index contributed by atoms with van der Waals surface area (Å²) in [4.78, 5) is 2.31. The molecule has 0 bridgehead atoms. The Kier molecular flexibility index (Phi) is 8.62. The molecule has 9 aromatic carbocycles. The first-order chi connectivity index (χ1) is 29.3. The molecule has 0 fully saturated rings. The third-order valence-electron chi connectivity index (χ3n) is 11.2. The molecule has 0 saturated carbocycles. The van der Waals surface area contributed by atoms with Gasteiger partial charge in [0.05, 0.1) is 11.0 Å². The lowest BCUT2D eigenvalue weighted by Gasteiger charge is -2.25. The van der Waals surface area contributed by atoms with Gasteiger partial charge in [0, 0.05) is 70.4 Å². The van der Waals surface area contributed by atoms with Crippen LogP contribution >= 0.6 is 11.3 Å². The van der Waals surface area contributed by atoms with E-state index in [1.807, 2.05) is 11.3 Å². The summed E-state index contributed by atoms with van der Waals surface area (Å²) in [6.45, 7) is 0. The minimum atomic E-state index is 0.978. The van der Waals surface area contributed by atoms with E-state index >= 15 is 0 Å². The minimum absolute atomic E-state index is 0.978. The number of benzene rings is 9. The Labute approximate surface area is 347 Å². The molecule has 3 heteroatoms. The van der Waals surface area contributed by atoms with Crippen LogP contribution in [0.4, 0.5) is 17.1 Å². The molecule has 11 aromatic rings. The smallest absolute Gasteiger partial charge is 0.0541 e. The van der Waals surface area contributed by atoms with Gasteiger partial charge in [-0.1, -0.05) is 145 Å². The van der Waals surface area contributed by atoms with Gasteiger partial charge in [-0.25, -0.2) is 0 Å². The van der Waals surface area contributed by atoms with Gasteiger partial charge >= 0.3 is 0 Å². The molecule has 59 heavy (non-hydrogen) atoms. The molecule has 2 aromatic heterocycles. The third-order valence-corrected chi connectivity index (χ3v) is 12.4. The summed E-state index contributed by atoms with van der Waals surface area (Å²) in [6.07, 6.45) is 0. The molecule has 0 amide bonds. The first-order valence-corrected chi connectivity index (χ1v) is 20.8. The van der Waals surface area contributed by atoms with E-state index < -0.39 is 0 Å². The maximum absolute atomic E-state index is 3.81. The minimum Gasteiger partial charge on any atom is -0.311 e. The largest absolute Gasteiger partial charge is 0.311 e. The lowest BCUT2D eigenvalue weighted by molar-refractivity contribution is 1.18. The van der Waals surface area contributed by atoms with Gasteiger partial charge in [-0.05, 0) is 102 Å². The fourth-order valence-electron chi connectivity index (χ4n) is 8.53. The average Bonchev–Trinajstić information content (AvgIpc) is 3.85. The molecule has 0 aliphatic heterocycles. The van der Waals surface area contributed by atoms with Gasteiger partial charge in [0.25, 0.3) is 0 Å². The molecule has 0 atom stereocenters. The number of thiophene rings is 1. The quantitative estimate of drug-likeness (QED) is 0.153. The van der Waals surface area contributed by atoms with Crippen molar-refractivity contribution in [3.05, 3.63) is 230 Å². The zero-order valence-electron chi connectivity index (χ0n) is 32.1. The van der Waals surface area contributed by atoms with Crippen molar-refractivity contribution in [3.63, 3.8) is 0 Å². The van der Waals surface area contributed by atoms with Crippen LogP contribution in [0.3, 0.4) is 0 Å². The van der Waals surface area contributed by atoms with Gasteiger partial charge in [0.15, 0.2) is 0 Å². The van der Waals surface area contributed by atoms with Crippen molar-refractivity contribution in [2.24, 2.45) is 0 Å². The molecular formula is C56H36N2S. The fraction of sp³-hybridized carbons (Fsp3) is 0. The van der Waals surface area contributed by atoms with Gasteiger partial charge in [-0.15, -0.1) is 11.3 Å². The Morgan fingerprint density at radius 2 is 0.983 bits per heavy atom. The molecule has 0 saturated heterocycles. The van der Waals surface area contributed by atoms with E-state index in [4.69, 9.17) is 0 Å². The molecule has 11 rings (SSSR count). The van der Waals surface area contributed by atoms with E-state index in [1.54, 1.807) is 0 Å². The van der Waals surface area contributed by atoms with Crippen molar-refractivity contribution in [1.82, 2.24) is 4.57 Å².